The molecule has 0 spiro atoms. The van der Waals surface area contributed by atoms with Crippen LogP contribution in [-0.2, 0) is 4.79 Å². The quantitative estimate of drug-likeness (QED) is 0.567. The number of carbonyl (C=O) groups is 2. The molecule has 2 aromatic rings. The van der Waals surface area contributed by atoms with Crippen molar-refractivity contribution in [3.05, 3.63) is 30.1 Å². The highest BCUT2D eigenvalue weighted by Gasteiger charge is 2.51. The van der Waals surface area contributed by atoms with E-state index in [0.29, 0.717) is 5.82 Å². The zero-order valence-corrected chi connectivity index (χ0v) is 18.3. The van der Waals surface area contributed by atoms with Gasteiger partial charge in [0, 0.05) is 10.9 Å². The Hall–Kier alpha value is -2.15. The van der Waals surface area contributed by atoms with Crippen LogP contribution in [0, 0.1) is 24.7 Å². The number of nitrogens with one attached hydrogen (secondary N) is 2. The number of urea groups is 1. The number of rotatable bonds is 4. The Morgan fingerprint density at radius 1 is 1.07 bits per heavy atom. The molecule has 158 valence electrons. The summed E-state index contributed by atoms with van der Waals surface area (Å²) >= 11 is 1.36. The van der Waals surface area contributed by atoms with Gasteiger partial charge >= 0.3 is 6.03 Å². The number of carbonyl (C=O) groups excluding carboxylic acids is 2. The first-order valence-electron chi connectivity index (χ1n) is 10.9. The second-order valence-corrected chi connectivity index (χ2v) is 10.8. The molecule has 7 heteroatoms. The first kappa shape index (κ1) is 19.8. The zero-order chi connectivity index (χ0) is 20.9. The van der Waals surface area contributed by atoms with Crippen LogP contribution >= 0.6 is 11.8 Å². The second-order valence-electron chi connectivity index (χ2n) is 9.49. The summed E-state index contributed by atoms with van der Waals surface area (Å²) in [5.74, 6) is 2.62. The molecule has 4 aliphatic rings. The van der Waals surface area contributed by atoms with Crippen molar-refractivity contribution in [2.24, 2.45) is 17.8 Å². The molecule has 4 aliphatic carbocycles. The molecule has 6 rings (SSSR count). The largest absolute Gasteiger partial charge is 0.332 e. The number of fused-ring (bicyclic) bond motifs is 1. The Morgan fingerprint density at radius 2 is 1.70 bits per heavy atom. The Labute approximate surface area is 181 Å². The Morgan fingerprint density at radius 3 is 2.37 bits per heavy atom. The molecule has 0 aliphatic heterocycles. The number of hydrogen-bond acceptors (Lipinski definition) is 5. The lowest BCUT2D eigenvalue weighted by Crippen LogP contribution is -2.62. The molecule has 1 atom stereocenters. The number of nitrogens with zero attached hydrogens (tertiary/aromatic N) is 2. The van der Waals surface area contributed by atoms with E-state index in [1.54, 1.807) is 0 Å². The predicted octanol–water partition coefficient (Wildman–Crippen LogP) is 4.21. The number of amides is 3. The standard InChI is InChI=1S/C23H28N4O2S/c1-13(30-21-18-5-3-4-6-19(18)24-14(2)25-21)20(28)26-22(29)27-23-10-15-7-16(11-23)9-17(8-15)12-23/h3-6,13,15-17H,7-12H2,1-2H3,(H2,26,27,28,29). The number of hydrogen-bond donors (Lipinski definition) is 2. The van der Waals surface area contributed by atoms with E-state index in [4.69, 9.17) is 0 Å². The maximum atomic E-state index is 12.7. The highest BCUT2D eigenvalue weighted by atomic mass is 32.2. The van der Waals surface area contributed by atoms with E-state index in [1.807, 2.05) is 38.1 Å². The zero-order valence-electron chi connectivity index (χ0n) is 17.5. The SMILES string of the molecule is Cc1nc(SC(C)C(=O)NC(=O)NC23CC4CC(CC(C4)C2)C3)c2ccccc2n1. The van der Waals surface area contributed by atoms with Gasteiger partial charge in [-0.3, -0.25) is 10.1 Å². The lowest BCUT2D eigenvalue weighted by Gasteiger charge is -2.56. The van der Waals surface area contributed by atoms with Crippen molar-refractivity contribution in [1.82, 2.24) is 20.6 Å². The monoisotopic (exact) mass is 424 g/mol. The summed E-state index contributed by atoms with van der Waals surface area (Å²) in [7, 11) is 0. The van der Waals surface area contributed by atoms with E-state index in [0.717, 1.165) is 52.9 Å². The van der Waals surface area contributed by atoms with Gasteiger partial charge in [0.25, 0.3) is 0 Å². The van der Waals surface area contributed by atoms with Crippen molar-refractivity contribution in [3.8, 4) is 0 Å². The smallest absolute Gasteiger partial charge is 0.321 e. The van der Waals surface area contributed by atoms with Crippen molar-refractivity contribution in [2.75, 3.05) is 0 Å². The van der Waals surface area contributed by atoms with Crippen molar-refractivity contribution in [2.45, 2.75) is 68.2 Å². The Balaban J connectivity index is 1.23. The molecule has 2 N–H and O–H groups in total. The van der Waals surface area contributed by atoms with Gasteiger partial charge in [-0.15, -0.1) is 0 Å². The van der Waals surface area contributed by atoms with Gasteiger partial charge in [0.2, 0.25) is 5.91 Å². The van der Waals surface area contributed by atoms with E-state index in [9.17, 15) is 9.59 Å². The summed E-state index contributed by atoms with van der Waals surface area (Å²) in [4.78, 5) is 34.4. The van der Waals surface area contributed by atoms with Crippen LogP contribution in [0.25, 0.3) is 10.9 Å². The van der Waals surface area contributed by atoms with Crippen LogP contribution in [0.3, 0.4) is 0 Å². The topological polar surface area (TPSA) is 84.0 Å². The fourth-order valence-electron chi connectivity index (χ4n) is 6.22. The molecule has 30 heavy (non-hydrogen) atoms. The molecule has 0 radical (unpaired) electrons. The average Bonchev–Trinajstić information content (AvgIpc) is 2.66. The number of benzene rings is 1. The number of aromatic nitrogens is 2. The van der Waals surface area contributed by atoms with Crippen LogP contribution in [0.15, 0.2) is 29.3 Å². The minimum Gasteiger partial charge on any atom is -0.332 e. The first-order valence-corrected chi connectivity index (χ1v) is 11.8. The van der Waals surface area contributed by atoms with Gasteiger partial charge in [-0.2, -0.15) is 0 Å². The lowest BCUT2D eigenvalue weighted by atomic mass is 9.53. The van der Waals surface area contributed by atoms with E-state index in [1.165, 1.54) is 31.0 Å². The molecule has 1 aromatic heterocycles. The summed E-state index contributed by atoms with van der Waals surface area (Å²) in [6.07, 6.45) is 7.16. The van der Waals surface area contributed by atoms with Crippen LogP contribution < -0.4 is 10.6 Å². The molecule has 1 aromatic carbocycles. The third kappa shape index (κ3) is 3.80. The minimum atomic E-state index is -0.440. The molecule has 4 saturated carbocycles. The normalized spacial score (nSPS) is 30.3. The van der Waals surface area contributed by atoms with Gasteiger partial charge in [0.15, 0.2) is 0 Å². The van der Waals surface area contributed by atoms with E-state index in [-0.39, 0.29) is 17.5 Å². The second kappa shape index (κ2) is 7.52. The van der Waals surface area contributed by atoms with E-state index in [2.05, 4.69) is 20.6 Å². The van der Waals surface area contributed by atoms with Gasteiger partial charge in [0.1, 0.15) is 10.9 Å². The molecular formula is C23H28N4O2S. The number of imide groups is 1. The van der Waals surface area contributed by atoms with Crippen LogP contribution in [-0.4, -0.2) is 32.7 Å². The maximum Gasteiger partial charge on any atom is 0.321 e. The van der Waals surface area contributed by atoms with E-state index >= 15 is 0 Å². The molecule has 3 amide bonds. The third-order valence-corrected chi connectivity index (χ3v) is 8.09. The summed E-state index contributed by atoms with van der Waals surface area (Å²) in [6.45, 7) is 3.66. The van der Waals surface area contributed by atoms with Gasteiger partial charge in [-0.25, -0.2) is 14.8 Å². The molecule has 6 nitrogen and oxygen atoms in total. The fourth-order valence-corrected chi connectivity index (χ4v) is 7.20. The van der Waals surface area contributed by atoms with Gasteiger partial charge in [-0.1, -0.05) is 30.0 Å². The summed E-state index contributed by atoms with van der Waals surface area (Å²) in [5.41, 5.74) is 0.759. The average molecular weight is 425 g/mol. The maximum absolute atomic E-state index is 12.7. The van der Waals surface area contributed by atoms with Crippen LogP contribution in [0.1, 0.15) is 51.3 Å². The molecule has 4 fully saturated rings. The lowest BCUT2D eigenvalue weighted by molar-refractivity contribution is -0.119. The Kier molecular flexibility index (Phi) is 4.96. The molecular weight excluding hydrogens is 396 g/mol. The van der Waals surface area contributed by atoms with Crippen molar-refractivity contribution in [3.63, 3.8) is 0 Å². The third-order valence-electron chi connectivity index (χ3n) is 6.99. The van der Waals surface area contributed by atoms with Gasteiger partial charge in [-0.05, 0) is 76.2 Å². The van der Waals surface area contributed by atoms with Gasteiger partial charge < -0.3 is 5.32 Å². The highest BCUT2D eigenvalue weighted by molar-refractivity contribution is 8.00. The fraction of sp³-hybridized carbons (Fsp3) is 0.565. The van der Waals surface area contributed by atoms with Crippen LogP contribution in [0.4, 0.5) is 4.79 Å². The predicted molar refractivity (Wildman–Crippen MR) is 117 cm³/mol. The summed E-state index contributed by atoms with van der Waals surface area (Å²) in [5, 5.41) is 7.04. The van der Waals surface area contributed by atoms with E-state index < -0.39 is 5.25 Å². The molecule has 1 heterocycles. The number of thioether (sulfide) groups is 1. The molecule has 0 saturated heterocycles. The molecule has 1 unspecified atom stereocenters. The summed E-state index contributed by atoms with van der Waals surface area (Å²) < 4.78 is 0. The molecule has 4 bridgehead atoms. The van der Waals surface area contributed by atoms with Crippen LogP contribution in [0.5, 0.6) is 0 Å². The van der Waals surface area contributed by atoms with Crippen LogP contribution in [0.2, 0.25) is 0 Å². The van der Waals surface area contributed by atoms with Gasteiger partial charge in [0.05, 0.1) is 10.8 Å². The summed E-state index contributed by atoms with van der Waals surface area (Å²) in [6, 6.07) is 7.43. The van der Waals surface area contributed by atoms with Crippen molar-refractivity contribution in [1.29, 1.82) is 0 Å². The minimum absolute atomic E-state index is 0.102. The van der Waals surface area contributed by atoms with Crippen molar-refractivity contribution < 1.29 is 9.59 Å². The first-order chi connectivity index (χ1) is 14.4. The highest BCUT2D eigenvalue weighted by Crippen LogP contribution is 2.55. The Bertz CT molecular complexity index is 973. The van der Waals surface area contributed by atoms with Crippen molar-refractivity contribution >= 4 is 34.6 Å². The number of aryl methyl sites for hydroxylation is 1. The number of para-hydroxylation sites is 1.